The zero-order valence-electron chi connectivity index (χ0n) is 12.1. The van der Waals surface area contributed by atoms with Gasteiger partial charge in [0.1, 0.15) is 0 Å². The largest absolute Gasteiger partial charge is 0.318 e. The van der Waals surface area contributed by atoms with Crippen LogP contribution in [0.1, 0.15) is 27.2 Å². The van der Waals surface area contributed by atoms with Crippen molar-refractivity contribution in [1.29, 1.82) is 0 Å². The maximum Gasteiger partial charge on any atom is 0.0455 e. The number of para-hydroxylation sites is 1. The smallest absolute Gasteiger partial charge is 0.0455 e. The van der Waals surface area contributed by atoms with Gasteiger partial charge < -0.3 is 4.90 Å². The minimum atomic E-state index is 0.974. The molecular weight excluding hydrogens is 230 g/mol. The Labute approximate surface area is 117 Å². The van der Waals surface area contributed by atoms with Crippen molar-refractivity contribution in [1.82, 2.24) is 0 Å². The molecule has 0 spiro atoms. The fourth-order valence-corrected chi connectivity index (χ4v) is 1.98. The zero-order valence-corrected chi connectivity index (χ0v) is 12.1. The Kier molecular flexibility index (Phi) is 6.45. The molecule has 0 radical (unpaired) electrons. The highest BCUT2D eigenvalue weighted by Gasteiger charge is 2.11. The van der Waals surface area contributed by atoms with Gasteiger partial charge in [-0.1, -0.05) is 49.9 Å². The first-order valence-corrected chi connectivity index (χ1v) is 6.71. The van der Waals surface area contributed by atoms with Gasteiger partial charge in [0.15, 0.2) is 0 Å². The summed E-state index contributed by atoms with van der Waals surface area (Å²) >= 11 is 0. The molecule has 0 N–H and O–H groups in total. The number of nitrogens with zero attached hydrogens (tertiary/aromatic N) is 1. The summed E-state index contributed by atoms with van der Waals surface area (Å²) in [6.07, 6.45) is 11.1. The highest BCUT2D eigenvalue weighted by molar-refractivity contribution is 5.58. The fourth-order valence-electron chi connectivity index (χ4n) is 1.98. The summed E-state index contributed by atoms with van der Waals surface area (Å²) in [6.45, 7) is 10.1. The number of hydrogen-bond acceptors (Lipinski definition) is 1. The van der Waals surface area contributed by atoms with Crippen LogP contribution in [0.4, 0.5) is 5.69 Å². The molecule has 0 aliphatic carbocycles. The molecular formula is C18H23N. The lowest BCUT2D eigenvalue weighted by Crippen LogP contribution is -2.19. The summed E-state index contributed by atoms with van der Waals surface area (Å²) in [5.41, 5.74) is 3.61. The number of hydrogen-bond donors (Lipinski definition) is 0. The first kappa shape index (κ1) is 15.0. The molecule has 1 nitrogen and oxygen atoms in total. The minimum absolute atomic E-state index is 0.974. The predicted octanol–water partition coefficient (Wildman–Crippen LogP) is 5.45. The van der Waals surface area contributed by atoms with Crippen molar-refractivity contribution < 1.29 is 0 Å². The van der Waals surface area contributed by atoms with Crippen molar-refractivity contribution in [2.75, 3.05) is 4.90 Å². The van der Waals surface area contributed by atoms with Gasteiger partial charge in [0.25, 0.3) is 0 Å². The van der Waals surface area contributed by atoms with Gasteiger partial charge in [-0.2, -0.15) is 0 Å². The van der Waals surface area contributed by atoms with Gasteiger partial charge >= 0.3 is 0 Å². The molecule has 1 aromatic rings. The maximum atomic E-state index is 3.79. The molecule has 0 heterocycles. The summed E-state index contributed by atoms with van der Waals surface area (Å²) in [5.74, 6) is 0. The Hall–Kier alpha value is -2.02. The van der Waals surface area contributed by atoms with E-state index in [-0.39, 0.29) is 0 Å². The summed E-state index contributed by atoms with van der Waals surface area (Å²) in [7, 11) is 0. The van der Waals surface area contributed by atoms with E-state index in [0.29, 0.717) is 0 Å². The molecule has 0 amide bonds. The van der Waals surface area contributed by atoms with Crippen LogP contribution in [0.2, 0.25) is 0 Å². The number of anilines is 1. The predicted molar refractivity (Wildman–Crippen MR) is 86.1 cm³/mol. The molecule has 0 unspecified atom stereocenters. The molecule has 0 aliphatic rings. The van der Waals surface area contributed by atoms with Crippen molar-refractivity contribution >= 4 is 5.69 Å². The maximum absolute atomic E-state index is 3.79. The Morgan fingerprint density at radius 1 is 1.21 bits per heavy atom. The Morgan fingerprint density at radius 3 is 2.42 bits per heavy atom. The second kappa shape index (κ2) is 8.15. The molecule has 0 saturated carbocycles. The highest BCUT2D eigenvalue weighted by Crippen LogP contribution is 2.25. The van der Waals surface area contributed by atoms with Gasteiger partial charge in [-0.25, -0.2) is 0 Å². The topological polar surface area (TPSA) is 3.24 Å². The third-order valence-electron chi connectivity index (χ3n) is 2.86. The van der Waals surface area contributed by atoms with E-state index in [1.807, 2.05) is 31.2 Å². The second-order valence-corrected chi connectivity index (χ2v) is 4.25. The average molecular weight is 253 g/mol. The third kappa shape index (κ3) is 4.29. The molecule has 0 aromatic heterocycles. The van der Waals surface area contributed by atoms with Crippen LogP contribution in [-0.4, -0.2) is 0 Å². The van der Waals surface area contributed by atoms with E-state index in [9.17, 15) is 0 Å². The van der Waals surface area contributed by atoms with E-state index in [1.165, 1.54) is 17.1 Å². The molecule has 19 heavy (non-hydrogen) atoms. The van der Waals surface area contributed by atoms with Crippen LogP contribution in [0.5, 0.6) is 0 Å². The summed E-state index contributed by atoms with van der Waals surface area (Å²) in [5, 5.41) is 0. The van der Waals surface area contributed by atoms with E-state index >= 15 is 0 Å². The van der Waals surface area contributed by atoms with Gasteiger partial charge in [0.05, 0.1) is 0 Å². The normalized spacial score (nSPS) is 12.8. The number of rotatable bonds is 6. The van der Waals surface area contributed by atoms with Gasteiger partial charge in [-0.3, -0.25) is 0 Å². The minimum Gasteiger partial charge on any atom is -0.318 e. The average Bonchev–Trinajstić information content (AvgIpc) is 2.44. The van der Waals surface area contributed by atoms with Crippen LogP contribution in [0.15, 0.2) is 78.7 Å². The SMILES string of the molecule is C=CC=C(C)N(C(=CC=CC)CC)c1ccccc1. The molecule has 1 aromatic carbocycles. The molecule has 0 saturated heterocycles. The van der Waals surface area contributed by atoms with Gasteiger partial charge in [-0.05, 0) is 44.6 Å². The number of allylic oxidation sites excluding steroid dienone is 7. The summed E-state index contributed by atoms with van der Waals surface area (Å²) in [6, 6.07) is 10.4. The lowest BCUT2D eigenvalue weighted by atomic mass is 10.2. The van der Waals surface area contributed by atoms with E-state index in [0.717, 1.165) is 6.42 Å². The molecule has 0 aliphatic heterocycles. The van der Waals surface area contributed by atoms with E-state index in [2.05, 4.69) is 61.7 Å². The van der Waals surface area contributed by atoms with Crippen LogP contribution in [0.25, 0.3) is 0 Å². The molecule has 100 valence electrons. The van der Waals surface area contributed by atoms with E-state index in [4.69, 9.17) is 0 Å². The van der Waals surface area contributed by atoms with Crippen molar-refractivity contribution in [3.8, 4) is 0 Å². The van der Waals surface area contributed by atoms with Crippen molar-refractivity contribution in [3.63, 3.8) is 0 Å². The molecule has 1 heteroatoms. The van der Waals surface area contributed by atoms with Gasteiger partial charge in [0.2, 0.25) is 0 Å². The monoisotopic (exact) mass is 253 g/mol. The molecule has 1 rings (SSSR count). The van der Waals surface area contributed by atoms with E-state index in [1.54, 1.807) is 0 Å². The fraction of sp³-hybridized carbons (Fsp3) is 0.222. The number of benzene rings is 1. The van der Waals surface area contributed by atoms with Crippen LogP contribution >= 0.6 is 0 Å². The summed E-state index contributed by atoms with van der Waals surface area (Å²) in [4.78, 5) is 2.27. The third-order valence-corrected chi connectivity index (χ3v) is 2.86. The van der Waals surface area contributed by atoms with Gasteiger partial charge in [-0.15, -0.1) is 0 Å². The quantitative estimate of drug-likeness (QED) is 0.609. The van der Waals surface area contributed by atoms with Crippen molar-refractivity contribution in [2.24, 2.45) is 0 Å². The highest BCUT2D eigenvalue weighted by atomic mass is 15.1. The lowest BCUT2D eigenvalue weighted by molar-refractivity contribution is 0.966. The first-order chi connectivity index (χ1) is 9.24. The molecule has 0 atom stereocenters. The zero-order chi connectivity index (χ0) is 14.1. The van der Waals surface area contributed by atoms with Crippen LogP contribution in [0.3, 0.4) is 0 Å². The van der Waals surface area contributed by atoms with Crippen molar-refractivity contribution in [3.05, 3.63) is 78.7 Å². The second-order valence-electron chi connectivity index (χ2n) is 4.25. The standard InChI is InChI=1S/C18H23N/c1-5-8-13-17(7-3)19(16(4)12-6-2)18-14-10-9-11-15-18/h5-6,8-15H,2,7H2,1,3-4H3. The van der Waals surface area contributed by atoms with Crippen molar-refractivity contribution in [2.45, 2.75) is 27.2 Å². The van der Waals surface area contributed by atoms with Crippen LogP contribution in [-0.2, 0) is 0 Å². The first-order valence-electron chi connectivity index (χ1n) is 6.71. The van der Waals surface area contributed by atoms with Crippen LogP contribution < -0.4 is 4.90 Å². The molecule has 0 bridgehead atoms. The Balaban J connectivity index is 3.26. The van der Waals surface area contributed by atoms with E-state index < -0.39 is 0 Å². The Morgan fingerprint density at radius 2 is 1.89 bits per heavy atom. The Bertz CT molecular complexity index is 478. The lowest BCUT2D eigenvalue weighted by Gasteiger charge is -2.27. The molecule has 0 fully saturated rings. The van der Waals surface area contributed by atoms with Gasteiger partial charge in [0, 0.05) is 17.1 Å². The van der Waals surface area contributed by atoms with Crippen LogP contribution in [0, 0.1) is 0 Å². The summed E-state index contributed by atoms with van der Waals surface area (Å²) < 4.78 is 0.